The maximum absolute atomic E-state index is 5.68. The maximum Gasteiger partial charge on any atom is 0.145 e. The molecule has 0 amide bonds. The van der Waals surface area contributed by atoms with Crippen molar-refractivity contribution in [3.05, 3.63) is 18.2 Å². The van der Waals surface area contributed by atoms with Gasteiger partial charge in [0.2, 0.25) is 0 Å². The van der Waals surface area contributed by atoms with Crippen LogP contribution in [0.3, 0.4) is 0 Å². The molecule has 1 rings (SSSR count). The molecular formula is C12H20N2O2. The highest BCUT2D eigenvalue weighted by Gasteiger charge is 2.04. The number of rotatable bonds is 6. The number of benzene rings is 1. The van der Waals surface area contributed by atoms with E-state index in [4.69, 9.17) is 15.2 Å². The van der Waals surface area contributed by atoms with Crippen molar-refractivity contribution in [2.45, 2.75) is 19.4 Å². The first-order valence-corrected chi connectivity index (χ1v) is 5.39. The molecular weight excluding hydrogens is 204 g/mol. The van der Waals surface area contributed by atoms with Crippen LogP contribution in [0.1, 0.15) is 13.3 Å². The standard InChI is InChI=1S/C12H20N2O2/c1-9(13)6-7-14-11-5-4-10(15-2)8-12(11)16-3/h4-5,8-9,14H,6-7,13H2,1-3H3. The van der Waals surface area contributed by atoms with Crippen LogP contribution in [0.4, 0.5) is 5.69 Å². The summed E-state index contributed by atoms with van der Waals surface area (Å²) < 4.78 is 10.4. The highest BCUT2D eigenvalue weighted by Crippen LogP contribution is 2.28. The van der Waals surface area contributed by atoms with E-state index in [-0.39, 0.29) is 6.04 Å². The average Bonchev–Trinajstić information content (AvgIpc) is 2.29. The molecule has 4 heteroatoms. The van der Waals surface area contributed by atoms with Gasteiger partial charge in [-0.05, 0) is 25.5 Å². The molecule has 3 N–H and O–H groups in total. The van der Waals surface area contributed by atoms with Crippen molar-refractivity contribution in [1.29, 1.82) is 0 Å². The van der Waals surface area contributed by atoms with E-state index >= 15 is 0 Å². The van der Waals surface area contributed by atoms with Gasteiger partial charge in [-0.15, -0.1) is 0 Å². The van der Waals surface area contributed by atoms with Crippen LogP contribution in [0.5, 0.6) is 11.5 Å². The van der Waals surface area contributed by atoms with Gasteiger partial charge in [0.15, 0.2) is 0 Å². The van der Waals surface area contributed by atoms with Crippen molar-refractivity contribution in [2.24, 2.45) is 5.73 Å². The Morgan fingerprint density at radius 3 is 2.62 bits per heavy atom. The maximum atomic E-state index is 5.68. The predicted octanol–water partition coefficient (Wildman–Crippen LogP) is 1.85. The molecule has 0 bridgehead atoms. The lowest BCUT2D eigenvalue weighted by atomic mass is 10.2. The number of nitrogens with two attached hydrogens (primary N) is 1. The van der Waals surface area contributed by atoms with Gasteiger partial charge in [-0.3, -0.25) is 0 Å². The lowest BCUT2D eigenvalue weighted by Gasteiger charge is -2.13. The zero-order chi connectivity index (χ0) is 12.0. The van der Waals surface area contributed by atoms with Gasteiger partial charge < -0.3 is 20.5 Å². The second-order valence-corrected chi connectivity index (χ2v) is 3.76. The zero-order valence-electron chi connectivity index (χ0n) is 10.1. The van der Waals surface area contributed by atoms with Gasteiger partial charge in [0, 0.05) is 18.7 Å². The molecule has 4 nitrogen and oxygen atoms in total. The van der Waals surface area contributed by atoms with Crippen molar-refractivity contribution >= 4 is 5.69 Å². The minimum Gasteiger partial charge on any atom is -0.497 e. The van der Waals surface area contributed by atoms with Gasteiger partial charge >= 0.3 is 0 Å². The van der Waals surface area contributed by atoms with Crippen molar-refractivity contribution < 1.29 is 9.47 Å². The summed E-state index contributed by atoms with van der Waals surface area (Å²) in [6.45, 7) is 2.83. The zero-order valence-corrected chi connectivity index (χ0v) is 10.1. The monoisotopic (exact) mass is 224 g/mol. The van der Waals surface area contributed by atoms with Gasteiger partial charge in [0.05, 0.1) is 19.9 Å². The van der Waals surface area contributed by atoms with Crippen LogP contribution >= 0.6 is 0 Å². The third-order valence-electron chi connectivity index (χ3n) is 2.32. The summed E-state index contributed by atoms with van der Waals surface area (Å²) in [7, 11) is 3.28. The fourth-order valence-corrected chi connectivity index (χ4v) is 1.38. The van der Waals surface area contributed by atoms with Crippen molar-refractivity contribution in [2.75, 3.05) is 26.1 Å². The summed E-state index contributed by atoms with van der Waals surface area (Å²) in [5.74, 6) is 1.57. The predicted molar refractivity (Wildman–Crippen MR) is 66.3 cm³/mol. The second kappa shape index (κ2) is 6.23. The largest absolute Gasteiger partial charge is 0.497 e. The number of hydrogen-bond acceptors (Lipinski definition) is 4. The van der Waals surface area contributed by atoms with Gasteiger partial charge in [-0.1, -0.05) is 0 Å². The molecule has 1 aromatic carbocycles. The molecule has 16 heavy (non-hydrogen) atoms. The third kappa shape index (κ3) is 3.62. The molecule has 1 aromatic rings. The van der Waals surface area contributed by atoms with Crippen molar-refractivity contribution in [3.8, 4) is 11.5 Å². The Kier molecular flexibility index (Phi) is 4.92. The smallest absolute Gasteiger partial charge is 0.145 e. The van der Waals surface area contributed by atoms with E-state index in [1.54, 1.807) is 14.2 Å². The third-order valence-corrected chi connectivity index (χ3v) is 2.32. The van der Waals surface area contributed by atoms with Crippen LogP contribution in [0.2, 0.25) is 0 Å². The molecule has 1 atom stereocenters. The molecule has 0 aliphatic rings. The molecule has 0 spiro atoms. The van der Waals surface area contributed by atoms with E-state index in [9.17, 15) is 0 Å². The highest BCUT2D eigenvalue weighted by atomic mass is 16.5. The molecule has 0 saturated carbocycles. The number of hydrogen-bond donors (Lipinski definition) is 2. The van der Waals surface area contributed by atoms with Gasteiger partial charge in [0.25, 0.3) is 0 Å². The Hall–Kier alpha value is -1.42. The molecule has 0 aliphatic heterocycles. The first-order valence-electron chi connectivity index (χ1n) is 5.39. The number of ether oxygens (including phenoxy) is 2. The first kappa shape index (κ1) is 12.6. The second-order valence-electron chi connectivity index (χ2n) is 3.76. The Bertz CT molecular complexity index is 327. The van der Waals surface area contributed by atoms with Gasteiger partial charge in [-0.25, -0.2) is 0 Å². The first-order chi connectivity index (χ1) is 7.67. The number of nitrogens with one attached hydrogen (secondary N) is 1. The summed E-state index contributed by atoms with van der Waals surface area (Å²) in [6.07, 6.45) is 0.926. The topological polar surface area (TPSA) is 56.5 Å². The van der Waals surface area contributed by atoms with Crippen LogP contribution in [0, 0.1) is 0 Å². The van der Waals surface area contributed by atoms with Gasteiger partial charge in [0.1, 0.15) is 11.5 Å². The molecule has 0 heterocycles. The van der Waals surface area contributed by atoms with E-state index < -0.39 is 0 Å². The minimum atomic E-state index is 0.205. The van der Waals surface area contributed by atoms with Crippen LogP contribution < -0.4 is 20.5 Å². The van der Waals surface area contributed by atoms with Crippen LogP contribution in [0.15, 0.2) is 18.2 Å². The van der Waals surface area contributed by atoms with Crippen LogP contribution in [0.25, 0.3) is 0 Å². The molecule has 0 fully saturated rings. The SMILES string of the molecule is COc1ccc(NCCC(C)N)c(OC)c1. The summed E-state index contributed by atoms with van der Waals surface area (Å²) in [5.41, 5.74) is 6.64. The van der Waals surface area contributed by atoms with E-state index in [0.29, 0.717) is 0 Å². The van der Waals surface area contributed by atoms with Crippen molar-refractivity contribution in [1.82, 2.24) is 0 Å². The molecule has 90 valence electrons. The lowest BCUT2D eigenvalue weighted by Crippen LogP contribution is -2.19. The fourth-order valence-electron chi connectivity index (χ4n) is 1.38. The summed E-state index contributed by atoms with van der Waals surface area (Å²) >= 11 is 0. The van der Waals surface area contributed by atoms with E-state index in [0.717, 1.165) is 30.2 Å². The molecule has 0 saturated heterocycles. The Morgan fingerprint density at radius 2 is 2.06 bits per heavy atom. The Labute approximate surface area is 96.7 Å². The molecule has 0 radical (unpaired) electrons. The van der Waals surface area contributed by atoms with Crippen LogP contribution in [-0.2, 0) is 0 Å². The van der Waals surface area contributed by atoms with E-state index in [1.165, 1.54) is 0 Å². The molecule has 0 aromatic heterocycles. The normalized spacial score (nSPS) is 12.0. The highest BCUT2D eigenvalue weighted by molar-refractivity contribution is 5.59. The quantitative estimate of drug-likeness (QED) is 0.774. The summed E-state index contributed by atoms with van der Waals surface area (Å²) in [4.78, 5) is 0. The van der Waals surface area contributed by atoms with Crippen molar-refractivity contribution in [3.63, 3.8) is 0 Å². The molecule has 0 aliphatic carbocycles. The van der Waals surface area contributed by atoms with E-state index in [1.807, 2.05) is 25.1 Å². The average molecular weight is 224 g/mol. The molecule has 1 unspecified atom stereocenters. The minimum absolute atomic E-state index is 0.205. The fraction of sp³-hybridized carbons (Fsp3) is 0.500. The Balaban J connectivity index is 2.64. The van der Waals surface area contributed by atoms with Crippen LogP contribution in [-0.4, -0.2) is 26.8 Å². The van der Waals surface area contributed by atoms with Gasteiger partial charge in [-0.2, -0.15) is 0 Å². The lowest BCUT2D eigenvalue weighted by molar-refractivity contribution is 0.395. The number of anilines is 1. The van der Waals surface area contributed by atoms with E-state index in [2.05, 4.69) is 5.32 Å². The summed E-state index contributed by atoms with van der Waals surface area (Å²) in [6, 6.07) is 5.90. The summed E-state index contributed by atoms with van der Waals surface area (Å²) in [5, 5.41) is 3.29. The number of methoxy groups -OCH3 is 2. The Morgan fingerprint density at radius 1 is 1.31 bits per heavy atom.